The first-order valence-electron chi connectivity index (χ1n) is 11.6. The van der Waals surface area contributed by atoms with Crippen LogP contribution >= 0.6 is 0 Å². The first kappa shape index (κ1) is 21.0. The molecule has 2 aromatic carbocycles. The number of benzene rings is 2. The number of aromatic amines is 1. The minimum atomic E-state index is 0.0501. The quantitative estimate of drug-likeness (QED) is 0.604. The van der Waals surface area contributed by atoms with E-state index in [0.29, 0.717) is 5.92 Å². The molecule has 32 heavy (non-hydrogen) atoms. The van der Waals surface area contributed by atoms with E-state index in [-0.39, 0.29) is 12.0 Å². The van der Waals surface area contributed by atoms with Gasteiger partial charge in [0, 0.05) is 36.7 Å². The van der Waals surface area contributed by atoms with Gasteiger partial charge in [0.05, 0.1) is 11.4 Å². The third kappa shape index (κ3) is 3.75. The van der Waals surface area contributed by atoms with Gasteiger partial charge in [-0.25, -0.2) is 4.98 Å². The molecule has 2 aliphatic heterocycles. The highest BCUT2D eigenvalue weighted by atomic mass is 16.5. The molecule has 0 aliphatic carbocycles. The van der Waals surface area contributed by atoms with Crippen molar-refractivity contribution in [2.24, 2.45) is 0 Å². The highest BCUT2D eigenvalue weighted by Crippen LogP contribution is 2.34. The van der Waals surface area contributed by atoms with Crippen molar-refractivity contribution in [3.8, 4) is 11.3 Å². The second kappa shape index (κ2) is 8.21. The number of carbonyl (C=O) groups is 1. The lowest BCUT2D eigenvalue weighted by Crippen LogP contribution is -2.48. The first-order valence-corrected chi connectivity index (χ1v) is 11.6. The number of aromatic nitrogens is 2. The molecule has 2 aliphatic rings. The van der Waals surface area contributed by atoms with Crippen molar-refractivity contribution < 1.29 is 9.53 Å². The number of carbonyl (C=O) groups excluding carboxylic acids is 1. The molecular formula is C27H31N3O2. The predicted octanol–water partition coefficient (Wildman–Crippen LogP) is 5.40. The first-order chi connectivity index (χ1) is 15.4. The molecule has 0 radical (unpaired) electrons. The third-order valence-corrected chi connectivity index (χ3v) is 6.93. The van der Waals surface area contributed by atoms with Crippen LogP contribution < -0.4 is 0 Å². The largest absolute Gasteiger partial charge is 0.370 e. The fourth-order valence-corrected chi connectivity index (χ4v) is 4.91. The number of rotatable bonds is 4. The SMILES string of the molecule is Cc1ccc(C2CN(C(=O)c3cc(-c4[nH]c(C5CCCO5)nc4C)c(C)cc3C)C2)cc1. The molecule has 1 atom stereocenters. The number of imidazole rings is 1. The van der Waals surface area contributed by atoms with Crippen LogP contribution in [0.4, 0.5) is 0 Å². The lowest BCUT2D eigenvalue weighted by Gasteiger charge is -2.40. The molecule has 3 aromatic rings. The van der Waals surface area contributed by atoms with Gasteiger partial charge < -0.3 is 14.6 Å². The number of H-pyrrole nitrogens is 1. The van der Waals surface area contributed by atoms with Gasteiger partial charge in [0.25, 0.3) is 5.91 Å². The van der Waals surface area contributed by atoms with Crippen LogP contribution in [0.1, 0.15) is 69.0 Å². The van der Waals surface area contributed by atoms with E-state index in [1.807, 2.05) is 24.8 Å². The van der Waals surface area contributed by atoms with Crippen molar-refractivity contribution in [1.82, 2.24) is 14.9 Å². The lowest BCUT2D eigenvalue weighted by molar-refractivity contribution is 0.0601. The molecule has 2 saturated heterocycles. The number of nitrogens with zero attached hydrogens (tertiary/aromatic N) is 2. The Labute approximate surface area is 189 Å². The molecule has 0 spiro atoms. The fourth-order valence-electron chi connectivity index (χ4n) is 4.91. The van der Waals surface area contributed by atoms with Crippen molar-refractivity contribution >= 4 is 5.91 Å². The number of aryl methyl sites for hydroxylation is 4. The molecule has 3 heterocycles. The average molecular weight is 430 g/mol. The number of nitrogens with one attached hydrogen (secondary N) is 1. The summed E-state index contributed by atoms with van der Waals surface area (Å²) in [7, 11) is 0. The Morgan fingerprint density at radius 3 is 2.50 bits per heavy atom. The molecule has 1 unspecified atom stereocenters. The fraction of sp³-hybridized carbons (Fsp3) is 0.407. The smallest absolute Gasteiger partial charge is 0.254 e. The summed E-state index contributed by atoms with van der Waals surface area (Å²) in [6, 6.07) is 12.8. The molecule has 1 amide bonds. The maximum Gasteiger partial charge on any atom is 0.254 e. The van der Waals surface area contributed by atoms with Gasteiger partial charge in [-0.15, -0.1) is 0 Å². The van der Waals surface area contributed by atoms with Crippen LogP contribution in [0.2, 0.25) is 0 Å². The van der Waals surface area contributed by atoms with Crippen LogP contribution in [-0.2, 0) is 4.74 Å². The Kier molecular flexibility index (Phi) is 5.38. The molecule has 0 bridgehead atoms. The minimum Gasteiger partial charge on any atom is -0.370 e. The molecule has 1 aromatic heterocycles. The van der Waals surface area contributed by atoms with Crippen LogP contribution in [0.25, 0.3) is 11.3 Å². The van der Waals surface area contributed by atoms with Gasteiger partial charge in [-0.05, 0) is 63.3 Å². The molecule has 2 fully saturated rings. The van der Waals surface area contributed by atoms with Crippen molar-refractivity contribution in [1.29, 1.82) is 0 Å². The predicted molar refractivity (Wildman–Crippen MR) is 126 cm³/mol. The Balaban J connectivity index is 1.38. The van der Waals surface area contributed by atoms with Gasteiger partial charge in [-0.1, -0.05) is 35.9 Å². The molecule has 5 rings (SSSR count). The van der Waals surface area contributed by atoms with Crippen LogP contribution in [0, 0.1) is 27.7 Å². The number of hydrogen-bond acceptors (Lipinski definition) is 3. The highest BCUT2D eigenvalue weighted by Gasteiger charge is 2.33. The van der Waals surface area contributed by atoms with Crippen molar-refractivity contribution in [2.75, 3.05) is 19.7 Å². The number of likely N-dealkylation sites (tertiary alicyclic amines) is 1. The van der Waals surface area contributed by atoms with Crippen LogP contribution in [0.5, 0.6) is 0 Å². The van der Waals surface area contributed by atoms with Gasteiger partial charge in [0.15, 0.2) is 0 Å². The second-order valence-electron chi connectivity index (χ2n) is 9.38. The summed E-state index contributed by atoms with van der Waals surface area (Å²) < 4.78 is 5.81. The van der Waals surface area contributed by atoms with E-state index in [1.165, 1.54) is 11.1 Å². The van der Waals surface area contributed by atoms with E-state index in [9.17, 15) is 4.79 Å². The Morgan fingerprint density at radius 1 is 1.06 bits per heavy atom. The van der Waals surface area contributed by atoms with Gasteiger partial charge in [-0.2, -0.15) is 0 Å². The highest BCUT2D eigenvalue weighted by molar-refractivity contribution is 5.97. The Morgan fingerprint density at radius 2 is 1.81 bits per heavy atom. The zero-order chi connectivity index (χ0) is 22.4. The summed E-state index contributed by atoms with van der Waals surface area (Å²) in [5.41, 5.74) is 8.51. The number of amides is 1. The summed E-state index contributed by atoms with van der Waals surface area (Å²) in [5, 5.41) is 0. The average Bonchev–Trinajstić information content (AvgIpc) is 3.38. The van der Waals surface area contributed by atoms with Gasteiger partial charge in [0.2, 0.25) is 0 Å². The van der Waals surface area contributed by atoms with Crippen LogP contribution in [0.3, 0.4) is 0 Å². The van der Waals surface area contributed by atoms with Crippen molar-refractivity contribution in [3.63, 3.8) is 0 Å². The molecule has 5 heteroatoms. The van der Waals surface area contributed by atoms with Gasteiger partial charge >= 0.3 is 0 Å². The summed E-state index contributed by atoms with van der Waals surface area (Å²) in [6.45, 7) is 10.6. The summed E-state index contributed by atoms with van der Waals surface area (Å²) in [4.78, 5) is 23.6. The monoisotopic (exact) mass is 429 g/mol. The molecule has 1 N–H and O–H groups in total. The van der Waals surface area contributed by atoms with Crippen LogP contribution in [0.15, 0.2) is 36.4 Å². The standard InChI is InChI=1S/C27H31N3O2/c1-16-7-9-20(10-8-16)21-14-30(15-21)27(31)23-13-22(17(2)12-18(23)3)25-19(4)28-26(29-25)24-6-5-11-32-24/h7-10,12-13,21,24H,5-6,11,14-15H2,1-4H3,(H,28,29). The van der Waals surface area contributed by atoms with Crippen LogP contribution in [-0.4, -0.2) is 40.5 Å². The van der Waals surface area contributed by atoms with Gasteiger partial charge in [-0.3, -0.25) is 4.79 Å². The van der Waals surface area contributed by atoms with Crippen molar-refractivity contribution in [3.05, 3.63) is 75.7 Å². The normalized spacial score (nSPS) is 18.8. The maximum absolute atomic E-state index is 13.4. The van der Waals surface area contributed by atoms with Crippen molar-refractivity contribution in [2.45, 2.75) is 52.6 Å². The summed E-state index contributed by atoms with van der Waals surface area (Å²) in [6.07, 6.45) is 2.12. The van der Waals surface area contributed by atoms with E-state index >= 15 is 0 Å². The number of ether oxygens (including phenoxy) is 1. The molecular weight excluding hydrogens is 398 g/mol. The molecule has 0 saturated carbocycles. The molecule has 5 nitrogen and oxygen atoms in total. The van der Waals surface area contributed by atoms with Gasteiger partial charge in [0.1, 0.15) is 11.9 Å². The summed E-state index contributed by atoms with van der Waals surface area (Å²) >= 11 is 0. The van der Waals surface area contributed by atoms with E-state index in [0.717, 1.165) is 72.0 Å². The minimum absolute atomic E-state index is 0.0501. The van der Waals surface area contributed by atoms with E-state index in [1.54, 1.807) is 0 Å². The topological polar surface area (TPSA) is 58.2 Å². The third-order valence-electron chi connectivity index (χ3n) is 6.93. The zero-order valence-corrected chi connectivity index (χ0v) is 19.4. The zero-order valence-electron chi connectivity index (χ0n) is 19.4. The lowest BCUT2D eigenvalue weighted by atomic mass is 9.89. The van der Waals surface area contributed by atoms with E-state index < -0.39 is 0 Å². The van der Waals surface area contributed by atoms with E-state index in [2.05, 4.69) is 49.2 Å². The second-order valence-corrected chi connectivity index (χ2v) is 9.38. The summed E-state index contributed by atoms with van der Waals surface area (Å²) in [5.74, 6) is 1.43. The number of hydrogen-bond donors (Lipinski definition) is 1. The maximum atomic E-state index is 13.4. The molecule has 166 valence electrons. The Bertz CT molecular complexity index is 1150. The Hall–Kier alpha value is -2.92. The van der Waals surface area contributed by atoms with E-state index in [4.69, 9.17) is 9.72 Å².